The van der Waals surface area contributed by atoms with Crippen LogP contribution in [0.25, 0.3) is 0 Å². The second-order valence-electron chi connectivity index (χ2n) is 5.83. The van der Waals surface area contributed by atoms with Gasteiger partial charge in [-0.1, -0.05) is 17.7 Å². The highest BCUT2D eigenvalue weighted by Crippen LogP contribution is 2.25. The molecule has 3 nitrogen and oxygen atoms in total. The molecule has 0 spiro atoms. The molecule has 0 aliphatic carbocycles. The summed E-state index contributed by atoms with van der Waals surface area (Å²) in [4.78, 5) is 14.2. The van der Waals surface area contributed by atoms with E-state index in [0.717, 1.165) is 18.8 Å². The fourth-order valence-corrected chi connectivity index (χ4v) is 2.51. The molecule has 0 radical (unpaired) electrons. The number of aryl methyl sites for hydroxylation is 2. The summed E-state index contributed by atoms with van der Waals surface area (Å²) in [6.07, 6.45) is 0.566. The zero-order chi connectivity index (χ0) is 13.3. The smallest absolute Gasteiger partial charge is 0.228 e. The van der Waals surface area contributed by atoms with Crippen LogP contribution in [0.1, 0.15) is 31.4 Å². The molecule has 3 heteroatoms. The molecule has 1 aliphatic heterocycles. The van der Waals surface area contributed by atoms with Crippen molar-refractivity contribution < 1.29 is 4.79 Å². The highest BCUT2D eigenvalue weighted by Gasteiger charge is 2.29. The first-order chi connectivity index (χ1) is 8.39. The number of carbonyl (C=O) groups excluding carboxylic acids is 1. The molecule has 18 heavy (non-hydrogen) atoms. The van der Waals surface area contributed by atoms with Crippen LogP contribution in [-0.2, 0) is 4.79 Å². The van der Waals surface area contributed by atoms with Crippen LogP contribution in [0.2, 0.25) is 0 Å². The van der Waals surface area contributed by atoms with Gasteiger partial charge in [-0.05, 0) is 39.3 Å². The minimum atomic E-state index is -0.0382. The summed E-state index contributed by atoms with van der Waals surface area (Å²) >= 11 is 0. The van der Waals surface area contributed by atoms with Crippen molar-refractivity contribution in [1.82, 2.24) is 5.32 Å². The maximum Gasteiger partial charge on any atom is 0.228 e. The SMILES string of the molecule is Cc1ccc(N2CC(C)(C)NCCC2=O)c(C)c1. The predicted octanol–water partition coefficient (Wildman–Crippen LogP) is 2.41. The number of carbonyl (C=O) groups is 1. The maximum atomic E-state index is 12.2. The zero-order valence-corrected chi connectivity index (χ0v) is 11.7. The number of amides is 1. The van der Waals surface area contributed by atoms with Gasteiger partial charge in [-0.3, -0.25) is 4.79 Å². The molecule has 1 aromatic rings. The molecular weight excluding hydrogens is 224 g/mol. The summed E-state index contributed by atoms with van der Waals surface area (Å²) in [5.74, 6) is 0.208. The van der Waals surface area contributed by atoms with Crippen LogP contribution in [-0.4, -0.2) is 24.5 Å². The molecule has 1 saturated heterocycles. The summed E-state index contributed by atoms with van der Waals surface area (Å²) in [5, 5.41) is 3.42. The van der Waals surface area contributed by atoms with E-state index in [1.165, 1.54) is 11.1 Å². The molecule has 1 heterocycles. The fourth-order valence-electron chi connectivity index (χ4n) is 2.51. The average Bonchev–Trinajstić information content (AvgIpc) is 2.38. The lowest BCUT2D eigenvalue weighted by molar-refractivity contribution is -0.118. The van der Waals surface area contributed by atoms with Crippen molar-refractivity contribution in [2.24, 2.45) is 0 Å². The molecule has 1 amide bonds. The highest BCUT2D eigenvalue weighted by atomic mass is 16.2. The third kappa shape index (κ3) is 2.72. The molecule has 0 aromatic heterocycles. The Morgan fingerprint density at radius 1 is 1.28 bits per heavy atom. The normalized spacial score (nSPS) is 19.8. The topological polar surface area (TPSA) is 32.3 Å². The average molecular weight is 246 g/mol. The van der Waals surface area contributed by atoms with E-state index in [1.807, 2.05) is 4.90 Å². The summed E-state index contributed by atoms with van der Waals surface area (Å²) < 4.78 is 0. The standard InChI is InChI=1S/C15H22N2O/c1-11-5-6-13(12(2)9-11)17-10-15(3,4)16-8-7-14(17)18/h5-6,9,16H,7-8,10H2,1-4H3. The van der Waals surface area contributed by atoms with E-state index in [9.17, 15) is 4.79 Å². The van der Waals surface area contributed by atoms with Gasteiger partial charge in [0.15, 0.2) is 0 Å². The number of anilines is 1. The Bertz CT molecular complexity index is 466. The molecule has 1 N–H and O–H groups in total. The van der Waals surface area contributed by atoms with Crippen LogP contribution in [0.15, 0.2) is 18.2 Å². The van der Waals surface area contributed by atoms with E-state index in [0.29, 0.717) is 6.42 Å². The molecule has 0 saturated carbocycles. The second kappa shape index (κ2) is 4.73. The Labute approximate surface area is 109 Å². The Morgan fingerprint density at radius 2 is 2.00 bits per heavy atom. The monoisotopic (exact) mass is 246 g/mol. The summed E-state index contributed by atoms with van der Waals surface area (Å²) in [6.45, 7) is 9.90. The minimum Gasteiger partial charge on any atom is -0.310 e. The van der Waals surface area contributed by atoms with Gasteiger partial charge < -0.3 is 10.2 Å². The zero-order valence-electron chi connectivity index (χ0n) is 11.7. The molecule has 1 fully saturated rings. The van der Waals surface area contributed by atoms with Crippen molar-refractivity contribution in [2.45, 2.75) is 39.7 Å². The largest absolute Gasteiger partial charge is 0.310 e. The maximum absolute atomic E-state index is 12.2. The van der Waals surface area contributed by atoms with Gasteiger partial charge >= 0.3 is 0 Å². The number of benzene rings is 1. The third-order valence-corrected chi connectivity index (χ3v) is 3.44. The van der Waals surface area contributed by atoms with E-state index < -0.39 is 0 Å². The van der Waals surface area contributed by atoms with Crippen LogP contribution in [0.5, 0.6) is 0 Å². The molecule has 0 unspecified atom stereocenters. The number of hydrogen-bond acceptors (Lipinski definition) is 2. The molecule has 1 aromatic carbocycles. The van der Waals surface area contributed by atoms with Gasteiger partial charge in [0, 0.05) is 30.7 Å². The van der Waals surface area contributed by atoms with Crippen molar-refractivity contribution in [3.63, 3.8) is 0 Å². The van der Waals surface area contributed by atoms with E-state index >= 15 is 0 Å². The first kappa shape index (κ1) is 13.1. The van der Waals surface area contributed by atoms with Gasteiger partial charge in [-0.15, -0.1) is 0 Å². The Morgan fingerprint density at radius 3 is 2.67 bits per heavy atom. The summed E-state index contributed by atoms with van der Waals surface area (Å²) in [5.41, 5.74) is 3.41. The van der Waals surface area contributed by atoms with E-state index in [4.69, 9.17) is 0 Å². The van der Waals surface area contributed by atoms with Crippen molar-refractivity contribution in [2.75, 3.05) is 18.0 Å². The Hall–Kier alpha value is -1.35. The van der Waals surface area contributed by atoms with Gasteiger partial charge in [-0.25, -0.2) is 0 Å². The lowest BCUT2D eigenvalue weighted by Crippen LogP contribution is -2.47. The summed E-state index contributed by atoms with van der Waals surface area (Å²) in [7, 11) is 0. The van der Waals surface area contributed by atoms with E-state index in [2.05, 4.69) is 51.2 Å². The van der Waals surface area contributed by atoms with Crippen LogP contribution >= 0.6 is 0 Å². The lowest BCUT2D eigenvalue weighted by Gasteiger charge is -2.31. The van der Waals surface area contributed by atoms with Gasteiger partial charge in [0.2, 0.25) is 5.91 Å². The number of nitrogens with zero attached hydrogens (tertiary/aromatic N) is 1. The molecule has 0 atom stereocenters. The van der Waals surface area contributed by atoms with E-state index in [1.54, 1.807) is 0 Å². The number of nitrogens with one attached hydrogen (secondary N) is 1. The molecule has 98 valence electrons. The second-order valence-corrected chi connectivity index (χ2v) is 5.83. The third-order valence-electron chi connectivity index (χ3n) is 3.44. The van der Waals surface area contributed by atoms with Gasteiger partial charge in [0.05, 0.1) is 0 Å². The Kier molecular flexibility index (Phi) is 3.44. The molecule has 0 bridgehead atoms. The van der Waals surface area contributed by atoms with Crippen molar-refractivity contribution in [1.29, 1.82) is 0 Å². The Balaban J connectivity index is 2.37. The minimum absolute atomic E-state index is 0.0382. The number of rotatable bonds is 1. The van der Waals surface area contributed by atoms with Crippen molar-refractivity contribution >= 4 is 11.6 Å². The molecule has 2 rings (SSSR count). The fraction of sp³-hybridized carbons (Fsp3) is 0.533. The van der Waals surface area contributed by atoms with Crippen molar-refractivity contribution in [3.05, 3.63) is 29.3 Å². The van der Waals surface area contributed by atoms with Gasteiger partial charge in [-0.2, -0.15) is 0 Å². The first-order valence-corrected chi connectivity index (χ1v) is 6.52. The lowest BCUT2D eigenvalue weighted by atomic mass is 10.0. The first-order valence-electron chi connectivity index (χ1n) is 6.52. The van der Waals surface area contributed by atoms with Crippen LogP contribution in [0, 0.1) is 13.8 Å². The predicted molar refractivity (Wildman–Crippen MR) is 75.0 cm³/mol. The number of hydrogen-bond donors (Lipinski definition) is 1. The quantitative estimate of drug-likeness (QED) is 0.825. The highest BCUT2D eigenvalue weighted by molar-refractivity contribution is 5.94. The summed E-state index contributed by atoms with van der Waals surface area (Å²) in [6, 6.07) is 6.26. The van der Waals surface area contributed by atoms with Gasteiger partial charge in [0.1, 0.15) is 0 Å². The van der Waals surface area contributed by atoms with Gasteiger partial charge in [0.25, 0.3) is 0 Å². The molecule has 1 aliphatic rings. The van der Waals surface area contributed by atoms with Crippen LogP contribution in [0.3, 0.4) is 0 Å². The van der Waals surface area contributed by atoms with Crippen molar-refractivity contribution in [3.8, 4) is 0 Å². The molecular formula is C15H22N2O. The van der Waals surface area contributed by atoms with Crippen LogP contribution in [0.4, 0.5) is 5.69 Å². The van der Waals surface area contributed by atoms with Crippen LogP contribution < -0.4 is 10.2 Å². The van der Waals surface area contributed by atoms with E-state index in [-0.39, 0.29) is 11.4 Å².